The number of carbonyl (C=O) groups excluding carboxylic acids is 1. The topological polar surface area (TPSA) is 88.5 Å². The molecule has 0 aliphatic rings. The molecule has 146 valence electrons. The highest BCUT2D eigenvalue weighted by Crippen LogP contribution is 2.27. The number of H-pyrrole nitrogens is 1. The minimum absolute atomic E-state index is 0.0688. The Bertz CT molecular complexity index is 1170. The number of anilines is 1. The number of amides is 1. The van der Waals surface area contributed by atoms with Gasteiger partial charge < -0.3 is 5.32 Å². The third kappa shape index (κ3) is 3.90. The van der Waals surface area contributed by atoms with Gasteiger partial charge in [0.2, 0.25) is 5.91 Å². The number of aromatic nitrogens is 5. The first-order valence-corrected chi connectivity index (χ1v) is 9.47. The van der Waals surface area contributed by atoms with Crippen molar-refractivity contribution in [1.29, 1.82) is 0 Å². The fourth-order valence-corrected chi connectivity index (χ4v) is 3.19. The van der Waals surface area contributed by atoms with Gasteiger partial charge in [-0.2, -0.15) is 10.2 Å². The van der Waals surface area contributed by atoms with Crippen LogP contribution in [-0.4, -0.2) is 30.9 Å². The zero-order valence-electron chi connectivity index (χ0n) is 16.0. The van der Waals surface area contributed by atoms with Gasteiger partial charge in [-0.3, -0.25) is 14.6 Å². The minimum atomic E-state index is -0.206. The van der Waals surface area contributed by atoms with Gasteiger partial charge in [0.25, 0.3) is 0 Å². The third-order valence-electron chi connectivity index (χ3n) is 4.56. The fraction of sp³-hybridized carbons (Fsp3) is 0.143. The smallest absolute Gasteiger partial charge is 0.246 e. The average Bonchev–Trinajstić information content (AvgIpc) is 3.31. The molecule has 7 nitrogen and oxygen atoms in total. The van der Waals surface area contributed by atoms with Gasteiger partial charge in [-0.15, -0.1) is 0 Å². The van der Waals surface area contributed by atoms with Gasteiger partial charge in [-0.25, -0.2) is 4.98 Å². The van der Waals surface area contributed by atoms with Crippen molar-refractivity contribution in [3.8, 4) is 22.8 Å². The molecular weight excluding hydrogens is 388 g/mol. The number of nitrogens with zero attached hydrogens (tertiary/aromatic N) is 4. The number of para-hydroxylation sites is 1. The van der Waals surface area contributed by atoms with Crippen LogP contribution >= 0.6 is 11.6 Å². The van der Waals surface area contributed by atoms with Crippen molar-refractivity contribution in [3.05, 3.63) is 71.0 Å². The summed E-state index contributed by atoms with van der Waals surface area (Å²) in [6.07, 6.45) is 0. The molecule has 2 N–H and O–H groups in total. The Labute approximate surface area is 172 Å². The number of carbonyl (C=O) groups is 1. The van der Waals surface area contributed by atoms with Crippen LogP contribution in [0.15, 0.2) is 54.6 Å². The molecule has 1 amide bonds. The molecule has 4 aromatic rings. The van der Waals surface area contributed by atoms with Crippen LogP contribution in [0.2, 0.25) is 5.02 Å². The molecule has 2 heterocycles. The number of hydrogen-bond acceptors (Lipinski definition) is 4. The second kappa shape index (κ2) is 7.89. The lowest BCUT2D eigenvalue weighted by molar-refractivity contribution is -0.116. The van der Waals surface area contributed by atoms with Crippen LogP contribution in [0.25, 0.3) is 22.8 Å². The molecule has 0 bridgehead atoms. The van der Waals surface area contributed by atoms with E-state index in [1.165, 1.54) is 0 Å². The molecule has 0 aliphatic heterocycles. The van der Waals surface area contributed by atoms with E-state index < -0.39 is 0 Å². The van der Waals surface area contributed by atoms with Gasteiger partial charge >= 0.3 is 0 Å². The molecule has 0 radical (unpaired) electrons. The van der Waals surface area contributed by atoms with E-state index in [0.29, 0.717) is 28.1 Å². The molecule has 0 saturated carbocycles. The number of halogens is 1. The normalized spacial score (nSPS) is 10.9. The molecule has 0 fully saturated rings. The summed E-state index contributed by atoms with van der Waals surface area (Å²) in [6, 6.07) is 17.1. The van der Waals surface area contributed by atoms with Crippen LogP contribution in [0.5, 0.6) is 0 Å². The first-order valence-electron chi connectivity index (χ1n) is 9.09. The van der Waals surface area contributed by atoms with Crippen molar-refractivity contribution in [2.24, 2.45) is 0 Å². The molecule has 4 rings (SSSR count). The minimum Gasteiger partial charge on any atom is -0.324 e. The molecule has 2 aromatic heterocycles. The van der Waals surface area contributed by atoms with Crippen LogP contribution in [0, 0.1) is 13.8 Å². The highest BCUT2D eigenvalue weighted by molar-refractivity contribution is 6.31. The molecule has 0 spiro atoms. The van der Waals surface area contributed by atoms with Crippen LogP contribution < -0.4 is 5.32 Å². The van der Waals surface area contributed by atoms with E-state index in [-0.39, 0.29) is 12.5 Å². The Morgan fingerprint density at radius 3 is 2.55 bits per heavy atom. The predicted molar refractivity (Wildman–Crippen MR) is 113 cm³/mol. The maximum absolute atomic E-state index is 12.6. The van der Waals surface area contributed by atoms with Gasteiger partial charge in [-0.1, -0.05) is 54.1 Å². The van der Waals surface area contributed by atoms with Crippen LogP contribution in [0.4, 0.5) is 5.69 Å². The fourth-order valence-electron chi connectivity index (χ4n) is 3.05. The lowest BCUT2D eigenvalue weighted by atomic mass is 10.1. The largest absolute Gasteiger partial charge is 0.324 e. The Kier molecular flexibility index (Phi) is 5.14. The summed E-state index contributed by atoms with van der Waals surface area (Å²) < 4.78 is 1.59. The maximum Gasteiger partial charge on any atom is 0.246 e. The van der Waals surface area contributed by atoms with E-state index in [9.17, 15) is 4.79 Å². The van der Waals surface area contributed by atoms with Crippen molar-refractivity contribution in [3.63, 3.8) is 0 Å². The summed E-state index contributed by atoms with van der Waals surface area (Å²) in [5.41, 5.74) is 3.77. The second-order valence-corrected chi connectivity index (χ2v) is 6.99. The Balaban J connectivity index is 1.57. The Hall–Kier alpha value is -3.45. The van der Waals surface area contributed by atoms with E-state index in [4.69, 9.17) is 11.6 Å². The molecule has 0 saturated heterocycles. The maximum atomic E-state index is 12.6. The van der Waals surface area contributed by atoms with Crippen LogP contribution in [-0.2, 0) is 11.3 Å². The SMILES string of the molecule is Cc1nn(CC(=O)Nc2ccccc2-c2nc(-c3ccccc3)n[nH]2)c(C)c1Cl. The molecule has 2 aromatic carbocycles. The first-order chi connectivity index (χ1) is 14.0. The van der Waals surface area contributed by atoms with E-state index in [0.717, 1.165) is 16.8 Å². The summed E-state index contributed by atoms with van der Waals surface area (Å²) >= 11 is 6.17. The quantitative estimate of drug-likeness (QED) is 0.518. The van der Waals surface area contributed by atoms with E-state index in [1.807, 2.05) is 68.4 Å². The van der Waals surface area contributed by atoms with Gasteiger partial charge in [0.15, 0.2) is 11.6 Å². The van der Waals surface area contributed by atoms with Crippen molar-refractivity contribution in [1.82, 2.24) is 25.0 Å². The van der Waals surface area contributed by atoms with Crippen molar-refractivity contribution < 1.29 is 4.79 Å². The van der Waals surface area contributed by atoms with Crippen molar-refractivity contribution in [2.45, 2.75) is 20.4 Å². The molecule has 0 unspecified atom stereocenters. The standard InChI is InChI=1S/C21H19ClN6O/c1-13-19(22)14(2)28(27-13)12-18(29)23-17-11-7-6-10-16(17)21-24-20(25-26-21)15-8-4-3-5-9-15/h3-11H,12H2,1-2H3,(H,23,29)(H,24,25,26). The summed E-state index contributed by atoms with van der Waals surface area (Å²) in [6.45, 7) is 3.72. The van der Waals surface area contributed by atoms with Gasteiger partial charge in [-0.05, 0) is 26.0 Å². The average molecular weight is 407 g/mol. The van der Waals surface area contributed by atoms with Gasteiger partial charge in [0.1, 0.15) is 6.54 Å². The lowest BCUT2D eigenvalue weighted by Gasteiger charge is -2.10. The van der Waals surface area contributed by atoms with Crippen LogP contribution in [0.3, 0.4) is 0 Å². The number of hydrogen-bond donors (Lipinski definition) is 2. The van der Waals surface area contributed by atoms with E-state index >= 15 is 0 Å². The van der Waals surface area contributed by atoms with E-state index in [1.54, 1.807) is 4.68 Å². The summed E-state index contributed by atoms with van der Waals surface area (Å²) in [5, 5.41) is 15.1. The number of aromatic amines is 1. The number of aryl methyl sites for hydroxylation is 1. The summed E-state index contributed by atoms with van der Waals surface area (Å²) in [5.74, 6) is 0.968. The first kappa shape index (κ1) is 18.9. The zero-order valence-corrected chi connectivity index (χ0v) is 16.7. The van der Waals surface area contributed by atoms with Gasteiger partial charge in [0.05, 0.1) is 22.1 Å². The summed E-state index contributed by atoms with van der Waals surface area (Å²) in [7, 11) is 0. The number of nitrogens with one attached hydrogen (secondary N) is 2. The number of rotatable bonds is 5. The third-order valence-corrected chi connectivity index (χ3v) is 5.11. The molecule has 0 aliphatic carbocycles. The van der Waals surface area contributed by atoms with E-state index in [2.05, 4.69) is 25.6 Å². The highest BCUT2D eigenvalue weighted by atomic mass is 35.5. The Morgan fingerprint density at radius 2 is 1.83 bits per heavy atom. The van der Waals surface area contributed by atoms with Crippen molar-refractivity contribution >= 4 is 23.2 Å². The molecule has 8 heteroatoms. The Morgan fingerprint density at radius 1 is 1.10 bits per heavy atom. The number of benzene rings is 2. The molecule has 29 heavy (non-hydrogen) atoms. The molecule has 0 atom stereocenters. The highest BCUT2D eigenvalue weighted by Gasteiger charge is 2.15. The monoisotopic (exact) mass is 406 g/mol. The molecular formula is C21H19ClN6O. The predicted octanol–water partition coefficient (Wildman–Crippen LogP) is 4.24. The van der Waals surface area contributed by atoms with Crippen molar-refractivity contribution in [2.75, 3.05) is 5.32 Å². The summed E-state index contributed by atoms with van der Waals surface area (Å²) in [4.78, 5) is 17.2. The van der Waals surface area contributed by atoms with Gasteiger partial charge in [0, 0.05) is 11.1 Å². The second-order valence-electron chi connectivity index (χ2n) is 6.61. The van der Waals surface area contributed by atoms with Crippen LogP contribution in [0.1, 0.15) is 11.4 Å². The lowest BCUT2D eigenvalue weighted by Crippen LogP contribution is -2.20. The zero-order chi connectivity index (χ0) is 20.4.